The number of amides is 2. The molecule has 4 rings (SSSR count). The summed E-state index contributed by atoms with van der Waals surface area (Å²) in [6.07, 6.45) is 8.38. The number of ether oxygens (including phenoxy) is 1. The molecule has 0 N–H and O–H groups in total. The van der Waals surface area contributed by atoms with E-state index in [-0.39, 0.29) is 11.8 Å². The van der Waals surface area contributed by atoms with Crippen LogP contribution in [0.25, 0.3) is 11.3 Å². The molecule has 0 spiro atoms. The highest BCUT2D eigenvalue weighted by Crippen LogP contribution is 2.30. The maximum Gasteiger partial charge on any atom is 0.245 e. The summed E-state index contributed by atoms with van der Waals surface area (Å²) >= 11 is 0. The van der Waals surface area contributed by atoms with E-state index in [1.54, 1.807) is 18.1 Å². The van der Waals surface area contributed by atoms with Crippen molar-refractivity contribution >= 4 is 11.8 Å². The van der Waals surface area contributed by atoms with Gasteiger partial charge in [0.25, 0.3) is 0 Å². The van der Waals surface area contributed by atoms with Crippen LogP contribution in [0.2, 0.25) is 0 Å². The van der Waals surface area contributed by atoms with Crippen molar-refractivity contribution in [2.75, 3.05) is 46.4 Å². The van der Waals surface area contributed by atoms with E-state index in [0.29, 0.717) is 37.7 Å². The molecule has 8 nitrogen and oxygen atoms in total. The van der Waals surface area contributed by atoms with Gasteiger partial charge in [-0.05, 0) is 49.0 Å². The lowest BCUT2D eigenvalue weighted by Crippen LogP contribution is -2.51. The molecule has 2 amide bonds. The summed E-state index contributed by atoms with van der Waals surface area (Å²) in [6.45, 7) is 10.3. The Kier molecular flexibility index (Phi) is 8.13. The number of hydrogen-bond acceptors (Lipinski definition) is 6. The van der Waals surface area contributed by atoms with Crippen molar-refractivity contribution in [1.29, 1.82) is 0 Å². The Morgan fingerprint density at radius 1 is 1.31 bits per heavy atom. The van der Waals surface area contributed by atoms with Gasteiger partial charge in [0.2, 0.25) is 11.8 Å². The minimum atomic E-state index is -0.150. The van der Waals surface area contributed by atoms with Crippen molar-refractivity contribution < 1.29 is 14.3 Å². The molecule has 2 aliphatic rings. The van der Waals surface area contributed by atoms with Crippen LogP contribution in [0, 0.1) is 12.8 Å². The van der Waals surface area contributed by atoms with E-state index in [4.69, 9.17) is 4.74 Å². The normalized spacial score (nSPS) is 16.6. The number of nitrogens with zero attached hydrogens (tertiary/aromatic N) is 5. The molecule has 2 fully saturated rings. The minimum Gasteiger partial charge on any atom is -0.488 e. The number of likely N-dealkylation sites (N-methyl/N-ethyl adjacent to an activating group) is 1. The van der Waals surface area contributed by atoms with Crippen molar-refractivity contribution in [2.24, 2.45) is 5.92 Å². The third kappa shape index (κ3) is 6.25. The molecule has 0 atom stereocenters. The Hall–Kier alpha value is -3.26. The van der Waals surface area contributed by atoms with Crippen molar-refractivity contribution in [3.8, 4) is 17.0 Å². The third-order valence-electron chi connectivity index (χ3n) is 7.03. The standard InChI is InChI=1S/C27H35N5O3/c1-4-25(33)30(3)12-13-35-24-15-28-19-29-27(24)22-8-9-23(20(2)14-22)17-32-11-10-31(18-26(32)34)16-21-6-5-7-21/h4,8-9,14-15,19,21H,1,5-7,10-13,16-18H2,2-3H3. The maximum absolute atomic E-state index is 12.8. The molecule has 1 saturated carbocycles. The molecular formula is C27H35N5O3. The lowest BCUT2D eigenvalue weighted by atomic mass is 9.85. The second-order valence-corrected chi connectivity index (χ2v) is 9.54. The minimum absolute atomic E-state index is 0.150. The lowest BCUT2D eigenvalue weighted by Gasteiger charge is -2.38. The highest BCUT2D eigenvalue weighted by molar-refractivity contribution is 5.86. The number of carbonyl (C=O) groups excluding carboxylic acids is 2. The summed E-state index contributed by atoms with van der Waals surface area (Å²) in [4.78, 5) is 38.8. The molecule has 2 aromatic rings. The fourth-order valence-corrected chi connectivity index (χ4v) is 4.54. The Balaban J connectivity index is 1.37. The van der Waals surface area contributed by atoms with E-state index in [2.05, 4.69) is 40.5 Å². The van der Waals surface area contributed by atoms with Gasteiger partial charge in [0.05, 0.1) is 19.3 Å². The Morgan fingerprint density at radius 2 is 2.14 bits per heavy atom. The van der Waals surface area contributed by atoms with Gasteiger partial charge in [-0.25, -0.2) is 9.97 Å². The summed E-state index contributed by atoms with van der Waals surface area (Å²) in [5.74, 6) is 1.42. The quantitative estimate of drug-likeness (QED) is 0.490. The first-order chi connectivity index (χ1) is 16.9. The predicted octanol–water partition coefficient (Wildman–Crippen LogP) is 2.92. The number of aromatic nitrogens is 2. The first-order valence-corrected chi connectivity index (χ1v) is 12.3. The Morgan fingerprint density at radius 3 is 2.83 bits per heavy atom. The van der Waals surface area contributed by atoms with Crippen LogP contribution in [0.15, 0.2) is 43.4 Å². The summed E-state index contributed by atoms with van der Waals surface area (Å²) in [5, 5.41) is 0. The highest BCUT2D eigenvalue weighted by atomic mass is 16.5. The zero-order valence-corrected chi connectivity index (χ0v) is 20.8. The molecular weight excluding hydrogens is 442 g/mol. The number of hydrogen-bond donors (Lipinski definition) is 0. The van der Waals surface area contributed by atoms with Crippen LogP contribution in [-0.2, 0) is 16.1 Å². The molecule has 0 radical (unpaired) electrons. The molecule has 2 heterocycles. The van der Waals surface area contributed by atoms with Gasteiger partial charge < -0.3 is 14.5 Å². The van der Waals surface area contributed by atoms with Crippen LogP contribution < -0.4 is 4.74 Å². The Bertz CT molecular complexity index is 1070. The molecule has 1 aliphatic carbocycles. The number of piperazine rings is 1. The topological polar surface area (TPSA) is 78.9 Å². The maximum atomic E-state index is 12.8. The summed E-state index contributed by atoms with van der Waals surface area (Å²) in [5.41, 5.74) is 3.87. The number of aryl methyl sites for hydroxylation is 1. The smallest absolute Gasteiger partial charge is 0.245 e. The monoisotopic (exact) mass is 477 g/mol. The largest absolute Gasteiger partial charge is 0.488 e. The number of benzene rings is 1. The van der Waals surface area contributed by atoms with E-state index in [1.165, 1.54) is 31.7 Å². The number of rotatable bonds is 10. The molecule has 1 aromatic heterocycles. The van der Waals surface area contributed by atoms with Gasteiger partial charge in [0.1, 0.15) is 18.6 Å². The van der Waals surface area contributed by atoms with E-state index < -0.39 is 0 Å². The zero-order valence-electron chi connectivity index (χ0n) is 20.8. The van der Waals surface area contributed by atoms with Crippen LogP contribution in [0.3, 0.4) is 0 Å². The van der Waals surface area contributed by atoms with Crippen molar-refractivity contribution in [3.05, 3.63) is 54.5 Å². The molecule has 1 aromatic carbocycles. The summed E-state index contributed by atoms with van der Waals surface area (Å²) in [6, 6.07) is 6.17. The van der Waals surface area contributed by atoms with Crippen LogP contribution in [0.5, 0.6) is 5.75 Å². The predicted molar refractivity (Wildman–Crippen MR) is 135 cm³/mol. The van der Waals surface area contributed by atoms with Crippen LogP contribution in [0.4, 0.5) is 0 Å². The van der Waals surface area contributed by atoms with Crippen molar-refractivity contribution in [3.63, 3.8) is 0 Å². The van der Waals surface area contributed by atoms with Crippen LogP contribution in [0.1, 0.15) is 30.4 Å². The summed E-state index contributed by atoms with van der Waals surface area (Å²) in [7, 11) is 1.71. The average molecular weight is 478 g/mol. The second kappa shape index (κ2) is 11.4. The van der Waals surface area contributed by atoms with Gasteiger partial charge in [-0.3, -0.25) is 14.5 Å². The van der Waals surface area contributed by atoms with Crippen LogP contribution in [-0.4, -0.2) is 82.9 Å². The van der Waals surface area contributed by atoms with Crippen molar-refractivity contribution in [2.45, 2.75) is 32.7 Å². The first-order valence-electron chi connectivity index (χ1n) is 12.3. The third-order valence-corrected chi connectivity index (χ3v) is 7.03. The van der Waals surface area contributed by atoms with Gasteiger partial charge >= 0.3 is 0 Å². The average Bonchev–Trinajstić information content (AvgIpc) is 2.83. The lowest BCUT2D eigenvalue weighted by molar-refractivity contribution is -0.137. The fourth-order valence-electron chi connectivity index (χ4n) is 4.54. The summed E-state index contributed by atoms with van der Waals surface area (Å²) < 4.78 is 5.90. The molecule has 0 unspecified atom stereocenters. The molecule has 186 valence electrons. The van der Waals surface area contributed by atoms with Crippen molar-refractivity contribution in [1.82, 2.24) is 24.7 Å². The van der Waals surface area contributed by atoms with Gasteiger partial charge in [-0.1, -0.05) is 25.1 Å². The number of carbonyl (C=O) groups is 2. The van der Waals surface area contributed by atoms with Gasteiger partial charge in [0.15, 0.2) is 5.75 Å². The van der Waals surface area contributed by atoms with Crippen LogP contribution >= 0.6 is 0 Å². The highest BCUT2D eigenvalue weighted by Gasteiger charge is 2.28. The molecule has 1 saturated heterocycles. The fraction of sp³-hybridized carbons (Fsp3) is 0.481. The van der Waals surface area contributed by atoms with Gasteiger partial charge in [-0.15, -0.1) is 0 Å². The van der Waals surface area contributed by atoms with E-state index in [1.807, 2.05) is 11.0 Å². The SMILES string of the molecule is C=CC(=O)N(C)CCOc1cncnc1-c1ccc(CN2CCN(CC3CCC3)CC2=O)c(C)c1. The van der Waals surface area contributed by atoms with Gasteiger partial charge in [0, 0.05) is 38.8 Å². The van der Waals surface area contributed by atoms with Gasteiger partial charge in [-0.2, -0.15) is 0 Å². The van der Waals surface area contributed by atoms with E-state index >= 15 is 0 Å². The second-order valence-electron chi connectivity index (χ2n) is 9.54. The molecule has 35 heavy (non-hydrogen) atoms. The molecule has 0 bridgehead atoms. The zero-order chi connectivity index (χ0) is 24.8. The Labute approximate surface area is 207 Å². The van der Waals surface area contributed by atoms with E-state index in [9.17, 15) is 9.59 Å². The van der Waals surface area contributed by atoms with E-state index in [0.717, 1.165) is 42.2 Å². The molecule has 1 aliphatic heterocycles. The molecule has 8 heteroatoms. The first kappa shape index (κ1) is 24.9.